The highest BCUT2D eigenvalue weighted by molar-refractivity contribution is 8.00. The number of methoxy groups -OCH3 is 1. The molecule has 0 unspecified atom stereocenters. The van der Waals surface area contributed by atoms with Crippen molar-refractivity contribution in [2.75, 3.05) is 12.9 Å². The number of hydrogen-bond donors (Lipinski definition) is 1. The molecule has 1 N–H and O–H groups in total. The molecule has 0 spiro atoms. The molecule has 1 saturated heterocycles. The van der Waals surface area contributed by atoms with E-state index >= 15 is 0 Å². The molecule has 7 heteroatoms. The van der Waals surface area contributed by atoms with Crippen molar-refractivity contribution in [1.82, 2.24) is 10.2 Å². The van der Waals surface area contributed by atoms with E-state index < -0.39 is 0 Å². The smallest absolute Gasteiger partial charge is 0.251 e. The van der Waals surface area contributed by atoms with Crippen LogP contribution in [0.3, 0.4) is 0 Å². The molecule has 0 bridgehead atoms. The Morgan fingerprint density at radius 3 is 2.38 bits per heavy atom. The quantitative estimate of drug-likeness (QED) is 0.417. The molecule has 2 atom stereocenters. The SMILES string of the molecule is CC[C@@H](NC(=O)c1ccc([C@@H]2SCC(=O)N2Cc2ccc(Cl)cc2)cc1)c1ccc(OC)cc1. The van der Waals surface area contributed by atoms with E-state index in [1.807, 2.05) is 84.6 Å². The van der Waals surface area contributed by atoms with Crippen LogP contribution in [0.5, 0.6) is 5.75 Å². The van der Waals surface area contributed by atoms with Crippen molar-refractivity contribution in [1.29, 1.82) is 0 Å². The Bertz CT molecular complexity index is 1130. The number of ether oxygens (including phenoxy) is 1. The van der Waals surface area contributed by atoms with Gasteiger partial charge >= 0.3 is 0 Å². The summed E-state index contributed by atoms with van der Waals surface area (Å²) in [6.45, 7) is 2.57. The number of nitrogens with one attached hydrogen (secondary N) is 1. The minimum atomic E-state index is -0.123. The van der Waals surface area contributed by atoms with Crippen molar-refractivity contribution >= 4 is 35.2 Å². The lowest BCUT2D eigenvalue weighted by atomic mass is 10.0. The molecule has 1 aliphatic heterocycles. The molecule has 4 rings (SSSR count). The lowest BCUT2D eigenvalue weighted by molar-refractivity contribution is -0.128. The van der Waals surface area contributed by atoms with Crippen LogP contribution in [0, 0.1) is 0 Å². The monoisotopic (exact) mass is 494 g/mol. The minimum absolute atomic E-state index is 0.0806. The van der Waals surface area contributed by atoms with Crippen molar-refractivity contribution in [2.24, 2.45) is 0 Å². The van der Waals surface area contributed by atoms with E-state index in [0.29, 0.717) is 22.9 Å². The summed E-state index contributed by atoms with van der Waals surface area (Å²) in [4.78, 5) is 27.3. The second kappa shape index (κ2) is 11.0. The highest BCUT2D eigenvalue weighted by atomic mass is 35.5. The highest BCUT2D eigenvalue weighted by Gasteiger charge is 2.32. The summed E-state index contributed by atoms with van der Waals surface area (Å²) in [6.07, 6.45) is 0.774. The Morgan fingerprint density at radius 1 is 1.09 bits per heavy atom. The molecule has 34 heavy (non-hydrogen) atoms. The zero-order valence-electron chi connectivity index (χ0n) is 19.2. The van der Waals surface area contributed by atoms with Crippen LogP contribution in [-0.2, 0) is 11.3 Å². The second-order valence-corrected chi connectivity index (χ2v) is 9.65. The van der Waals surface area contributed by atoms with Crippen LogP contribution in [0.25, 0.3) is 0 Å². The molecule has 2 amide bonds. The van der Waals surface area contributed by atoms with Crippen LogP contribution in [0.4, 0.5) is 0 Å². The summed E-state index contributed by atoms with van der Waals surface area (Å²) < 4.78 is 5.22. The van der Waals surface area contributed by atoms with Crippen LogP contribution in [0.15, 0.2) is 72.8 Å². The van der Waals surface area contributed by atoms with Gasteiger partial charge in [0.1, 0.15) is 11.1 Å². The summed E-state index contributed by atoms with van der Waals surface area (Å²) in [5.41, 5.74) is 3.66. The zero-order valence-corrected chi connectivity index (χ0v) is 20.7. The fraction of sp³-hybridized carbons (Fsp3) is 0.259. The Kier molecular flexibility index (Phi) is 7.80. The van der Waals surface area contributed by atoms with Gasteiger partial charge in [-0.25, -0.2) is 0 Å². The van der Waals surface area contributed by atoms with E-state index in [-0.39, 0.29) is 23.2 Å². The van der Waals surface area contributed by atoms with Gasteiger partial charge in [0.25, 0.3) is 5.91 Å². The molecule has 1 fully saturated rings. The first-order valence-electron chi connectivity index (χ1n) is 11.2. The second-order valence-electron chi connectivity index (χ2n) is 8.14. The summed E-state index contributed by atoms with van der Waals surface area (Å²) in [6, 6.07) is 22.7. The predicted octanol–water partition coefficient (Wildman–Crippen LogP) is 6.00. The first-order chi connectivity index (χ1) is 16.5. The van der Waals surface area contributed by atoms with Gasteiger partial charge in [0.05, 0.1) is 18.9 Å². The Labute approximate surface area is 209 Å². The third-order valence-electron chi connectivity index (χ3n) is 5.92. The van der Waals surface area contributed by atoms with E-state index in [2.05, 4.69) is 5.32 Å². The van der Waals surface area contributed by atoms with E-state index in [1.165, 1.54) is 0 Å². The molecule has 0 saturated carbocycles. The number of amides is 2. The minimum Gasteiger partial charge on any atom is -0.497 e. The Balaban J connectivity index is 1.44. The highest BCUT2D eigenvalue weighted by Crippen LogP contribution is 2.39. The molecule has 0 aliphatic carbocycles. The number of hydrogen-bond acceptors (Lipinski definition) is 4. The fourth-order valence-electron chi connectivity index (χ4n) is 3.99. The van der Waals surface area contributed by atoms with E-state index in [4.69, 9.17) is 16.3 Å². The number of carbonyl (C=O) groups is 2. The summed E-state index contributed by atoms with van der Waals surface area (Å²) in [5, 5.41) is 3.71. The van der Waals surface area contributed by atoms with Gasteiger partial charge in [-0.2, -0.15) is 0 Å². The van der Waals surface area contributed by atoms with Gasteiger partial charge in [-0.05, 0) is 59.5 Å². The molecule has 3 aromatic rings. The van der Waals surface area contributed by atoms with Gasteiger partial charge in [-0.1, -0.05) is 54.9 Å². The van der Waals surface area contributed by atoms with Gasteiger partial charge in [0.15, 0.2) is 0 Å². The maximum absolute atomic E-state index is 12.9. The standard InChI is InChI=1S/C27H27ClN2O3S/c1-3-24(19-10-14-23(33-2)15-11-19)29-26(32)20-6-8-21(9-7-20)27-30(25(31)17-34-27)16-18-4-12-22(28)13-5-18/h4-15,24,27H,3,16-17H2,1-2H3,(H,29,32)/t24-,27+/m1/s1. The topological polar surface area (TPSA) is 58.6 Å². The van der Waals surface area contributed by atoms with Crippen LogP contribution >= 0.6 is 23.4 Å². The molecule has 0 radical (unpaired) electrons. The van der Waals surface area contributed by atoms with Crippen molar-refractivity contribution in [3.63, 3.8) is 0 Å². The van der Waals surface area contributed by atoms with Gasteiger partial charge < -0.3 is 15.0 Å². The van der Waals surface area contributed by atoms with E-state index in [9.17, 15) is 9.59 Å². The fourth-order valence-corrected chi connectivity index (χ4v) is 5.30. The summed E-state index contributed by atoms with van der Waals surface area (Å²) >= 11 is 7.59. The van der Waals surface area contributed by atoms with Gasteiger partial charge in [-0.3, -0.25) is 9.59 Å². The van der Waals surface area contributed by atoms with Crippen LogP contribution < -0.4 is 10.1 Å². The zero-order chi connectivity index (χ0) is 24.1. The molecule has 176 valence electrons. The molecule has 0 aromatic heterocycles. The Morgan fingerprint density at radius 2 is 1.76 bits per heavy atom. The first kappa shape index (κ1) is 24.2. The summed E-state index contributed by atoms with van der Waals surface area (Å²) in [7, 11) is 1.63. The number of benzene rings is 3. The van der Waals surface area contributed by atoms with Crippen molar-refractivity contribution in [3.05, 3.63) is 100 Å². The summed E-state index contributed by atoms with van der Waals surface area (Å²) in [5.74, 6) is 1.22. The first-order valence-corrected chi connectivity index (χ1v) is 12.6. The number of nitrogens with zero attached hydrogens (tertiary/aromatic N) is 1. The van der Waals surface area contributed by atoms with Gasteiger partial charge in [0, 0.05) is 17.1 Å². The number of rotatable bonds is 8. The molecule has 1 heterocycles. The lowest BCUT2D eigenvalue weighted by Crippen LogP contribution is -2.28. The molecular formula is C27H27ClN2O3S. The average Bonchev–Trinajstić information content (AvgIpc) is 3.23. The van der Waals surface area contributed by atoms with Crippen LogP contribution in [-0.4, -0.2) is 29.6 Å². The van der Waals surface area contributed by atoms with Crippen molar-refractivity contribution in [2.45, 2.75) is 31.3 Å². The maximum Gasteiger partial charge on any atom is 0.251 e. The predicted molar refractivity (Wildman–Crippen MR) is 137 cm³/mol. The third-order valence-corrected chi connectivity index (χ3v) is 7.43. The maximum atomic E-state index is 12.9. The largest absolute Gasteiger partial charge is 0.497 e. The average molecular weight is 495 g/mol. The van der Waals surface area contributed by atoms with Crippen molar-refractivity contribution < 1.29 is 14.3 Å². The van der Waals surface area contributed by atoms with E-state index in [0.717, 1.165) is 28.9 Å². The number of halogens is 1. The van der Waals surface area contributed by atoms with E-state index in [1.54, 1.807) is 18.9 Å². The number of thioether (sulfide) groups is 1. The Hall–Kier alpha value is -2.96. The van der Waals surface area contributed by atoms with Crippen LogP contribution in [0.1, 0.15) is 51.8 Å². The lowest BCUT2D eigenvalue weighted by Gasteiger charge is -2.24. The molecule has 1 aliphatic rings. The van der Waals surface area contributed by atoms with Crippen LogP contribution in [0.2, 0.25) is 5.02 Å². The molecule has 3 aromatic carbocycles. The van der Waals surface area contributed by atoms with Gasteiger partial charge in [0.2, 0.25) is 5.91 Å². The third kappa shape index (κ3) is 5.57. The molecule has 5 nitrogen and oxygen atoms in total. The van der Waals surface area contributed by atoms with Gasteiger partial charge in [-0.15, -0.1) is 11.8 Å². The number of carbonyl (C=O) groups excluding carboxylic acids is 2. The molecular weight excluding hydrogens is 468 g/mol. The normalized spacial score (nSPS) is 16.4. The van der Waals surface area contributed by atoms with Crippen molar-refractivity contribution in [3.8, 4) is 5.75 Å².